The summed E-state index contributed by atoms with van der Waals surface area (Å²) in [6, 6.07) is 4.67. The van der Waals surface area contributed by atoms with Gasteiger partial charge in [-0.1, -0.05) is 15.9 Å². The van der Waals surface area contributed by atoms with Crippen molar-refractivity contribution in [3.8, 4) is 11.4 Å². The zero-order chi connectivity index (χ0) is 11.0. The number of aromatic amines is 1. The molecule has 2 rings (SSSR count). The Morgan fingerprint density at radius 2 is 2.27 bits per heavy atom. The number of nitrogens with one attached hydrogen (secondary N) is 1. The molecule has 0 saturated heterocycles. The molecular formula is C9H7BrFN3S. The van der Waals surface area contributed by atoms with Gasteiger partial charge in [-0.25, -0.2) is 4.39 Å². The molecular weight excluding hydrogens is 281 g/mol. The molecule has 0 aliphatic carbocycles. The van der Waals surface area contributed by atoms with Crippen LogP contribution in [0.5, 0.6) is 0 Å². The molecule has 0 saturated carbocycles. The van der Waals surface area contributed by atoms with E-state index in [1.54, 1.807) is 23.9 Å². The first-order valence-electron chi connectivity index (χ1n) is 4.16. The van der Waals surface area contributed by atoms with Crippen LogP contribution in [0.3, 0.4) is 0 Å². The van der Waals surface area contributed by atoms with Crippen molar-refractivity contribution in [3.63, 3.8) is 0 Å². The average Bonchev–Trinajstić information content (AvgIpc) is 2.51. The first kappa shape index (κ1) is 10.5. The zero-order valence-electron chi connectivity index (χ0n) is 7.79. The summed E-state index contributed by atoms with van der Waals surface area (Å²) in [4.78, 5) is 4.04. The Morgan fingerprint density at radius 3 is 2.87 bits per heavy atom. The molecule has 0 spiro atoms. The quantitative estimate of drug-likeness (QED) is 0.818. The Morgan fingerprint density at radius 1 is 1.53 bits per heavy atom. The molecule has 0 radical (unpaired) electrons. The van der Waals surface area contributed by atoms with Gasteiger partial charge in [-0.3, -0.25) is 9.78 Å². The Kier molecular flexibility index (Phi) is 2.70. The lowest BCUT2D eigenvalue weighted by atomic mass is 10.2. The first-order valence-corrected chi connectivity index (χ1v) is 5.36. The van der Waals surface area contributed by atoms with Crippen LogP contribution in [0.2, 0.25) is 0 Å². The SMILES string of the molecule is Cn1[nH]c(-c2cc(Br)ccc2F)nc1=S. The molecule has 1 aromatic carbocycles. The van der Waals surface area contributed by atoms with Crippen LogP contribution in [0.1, 0.15) is 0 Å². The molecule has 1 N–H and O–H groups in total. The van der Waals surface area contributed by atoms with E-state index in [0.29, 0.717) is 16.2 Å². The third kappa shape index (κ3) is 2.00. The van der Waals surface area contributed by atoms with Crippen LogP contribution < -0.4 is 0 Å². The second kappa shape index (κ2) is 3.86. The van der Waals surface area contributed by atoms with Gasteiger partial charge in [-0.05, 0) is 30.4 Å². The summed E-state index contributed by atoms with van der Waals surface area (Å²) in [7, 11) is 1.73. The molecule has 0 amide bonds. The molecule has 78 valence electrons. The topological polar surface area (TPSA) is 33.6 Å². The first-order chi connectivity index (χ1) is 7.08. The van der Waals surface area contributed by atoms with Crippen LogP contribution in [0.25, 0.3) is 11.4 Å². The molecule has 0 fully saturated rings. The van der Waals surface area contributed by atoms with E-state index in [1.807, 2.05) is 0 Å². The molecule has 6 heteroatoms. The minimum atomic E-state index is -0.331. The maximum atomic E-state index is 13.5. The van der Waals surface area contributed by atoms with Gasteiger partial charge in [0, 0.05) is 11.5 Å². The lowest BCUT2D eigenvalue weighted by Crippen LogP contribution is -1.91. The smallest absolute Gasteiger partial charge is 0.216 e. The Labute approximate surface area is 99.1 Å². The van der Waals surface area contributed by atoms with Crippen molar-refractivity contribution in [1.82, 2.24) is 14.8 Å². The lowest BCUT2D eigenvalue weighted by molar-refractivity contribution is 0.629. The van der Waals surface area contributed by atoms with Crippen LogP contribution in [-0.4, -0.2) is 14.8 Å². The Balaban J connectivity index is 2.63. The summed E-state index contributed by atoms with van der Waals surface area (Å²) in [5, 5.41) is 2.87. The molecule has 15 heavy (non-hydrogen) atoms. The average molecular weight is 288 g/mol. The summed E-state index contributed by atoms with van der Waals surface area (Å²) in [5.41, 5.74) is 0.399. The van der Waals surface area contributed by atoms with Crippen molar-refractivity contribution in [3.05, 3.63) is 33.3 Å². The van der Waals surface area contributed by atoms with Crippen molar-refractivity contribution >= 4 is 28.1 Å². The monoisotopic (exact) mass is 287 g/mol. The summed E-state index contributed by atoms with van der Waals surface area (Å²) < 4.78 is 16.2. The third-order valence-electron chi connectivity index (χ3n) is 1.95. The van der Waals surface area contributed by atoms with E-state index < -0.39 is 0 Å². The molecule has 0 bridgehead atoms. The number of aromatic nitrogens is 3. The van der Waals surface area contributed by atoms with Crippen molar-refractivity contribution in [1.29, 1.82) is 0 Å². The van der Waals surface area contributed by atoms with Gasteiger partial charge in [0.1, 0.15) is 5.82 Å². The van der Waals surface area contributed by atoms with Gasteiger partial charge in [0.15, 0.2) is 5.82 Å². The van der Waals surface area contributed by atoms with E-state index >= 15 is 0 Å². The van der Waals surface area contributed by atoms with Crippen molar-refractivity contribution in [2.75, 3.05) is 0 Å². The van der Waals surface area contributed by atoms with Gasteiger partial charge in [0.25, 0.3) is 0 Å². The number of nitrogens with zero attached hydrogens (tertiary/aromatic N) is 2. The highest BCUT2D eigenvalue weighted by Gasteiger charge is 2.09. The highest BCUT2D eigenvalue weighted by atomic mass is 79.9. The number of hydrogen-bond acceptors (Lipinski definition) is 2. The zero-order valence-corrected chi connectivity index (χ0v) is 10.2. The molecule has 0 aliphatic rings. The fourth-order valence-corrected chi connectivity index (χ4v) is 1.70. The Bertz CT molecular complexity index is 561. The van der Waals surface area contributed by atoms with Gasteiger partial charge < -0.3 is 0 Å². The van der Waals surface area contributed by atoms with Crippen LogP contribution in [-0.2, 0) is 7.05 Å². The van der Waals surface area contributed by atoms with Gasteiger partial charge in [0.05, 0.1) is 5.56 Å². The predicted molar refractivity (Wildman–Crippen MR) is 61.5 cm³/mol. The van der Waals surface area contributed by atoms with Gasteiger partial charge in [-0.2, -0.15) is 4.98 Å². The fourth-order valence-electron chi connectivity index (χ4n) is 1.20. The molecule has 2 aromatic rings. The normalized spacial score (nSPS) is 10.6. The molecule has 1 aromatic heterocycles. The fraction of sp³-hybridized carbons (Fsp3) is 0.111. The second-order valence-corrected chi connectivity index (χ2v) is 4.32. The molecule has 0 aliphatic heterocycles. The minimum absolute atomic E-state index is 0.331. The van der Waals surface area contributed by atoms with Crippen molar-refractivity contribution in [2.45, 2.75) is 0 Å². The van der Waals surface area contributed by atoms with E-state index in [9.17, 15) is 4.39 Å². The van der Waals surface area contributed by atoms with Crippen LogP contribution >= 0.6 is 28.1 Å². The number of benzene rings is 1. The summed E-state index contributed by atoms with van der Waals surface area (Å²) >= 11 is 8.21. The number of halogens is 2. The predicted octanol–water partition coefficient (Wildman–Crippen LogP) is 3.05. The van der Waals surface area contributed by atoms with Crippen LogP contribution in [0, 0.1) is 10.6 Å². The van der Waals surface area contributed by atoms with E-state index in [4.69, 9.17) is 12.2 Å². The second-order valence-electron chi connectivity index (χ2n) is 3.04. The van der Waals surface area contributed by atoms with Crippen molar-refractivity contribution in [2.24, 2.45) is 7.05 Å². The van der Waals surface area contributed by atoms with E-state index in [2.05, 4.69) is 26.0 Å². The number of rotatable bonds is 1. The number of aryl methyl sites for hydroxylation is 1. The van der Waals surface area contributed by atoms with Gasteiger partial charge in [-0.15, -0.1) is 0 Å². The minimum Gasteiger partial charge on any atom is -0.279 e. The standard InChI is InChI=1S/C9H7BrFN3S/c1-14-9(15)12-8(13-14)6-4-5(10)2-3-7(6)11/h2-4H,1H3,(H,12,13,15). The van der Waals surface area contributed by atoms with E-state index in [1.165, 1.54) is 6.07 Å². The van der Waals surface area contributed by atoms with E-state index in [-0.39, 0.29) is 5.82 Å². The summed E-state index contributed by atoms with van der Waals surface area (Å²) in [5.74, 6) is 0.101. The highest BCUT2D eigenvalue weighted by molar-refractivity contribution is 9.10. The molecule has 1 heterocycles. The number of hydrogen-bond donors (Lipinski definition) is 1. The Hall–Kier alpha value is -1.01. The molecule has 3 nitrogen and oxygen atoms in total. The summed E-state index contributed by atoms with van der Waals surface area (Å²) in [6.07, 6.45) is 0. The highest BCUT2D eigenvalue weighted by Crippen LogP contribution is 2.23. The largest absolute Gasteiger partial charge is 0.279 e. The maximum absolute atomic E-state index is 13.5. The molecule has 0 atom stereocenters. The summed E-state index contributed by atoms with van der Waals surface area (Å²) in [6.45, 7) is 0. The maximum Gasteiger partial charge on any atom is 0.216 e. The number of H-pyrrole nitrogens is 1. The lowest BCUT2D eigenvalue weighted by Gasteiger charge is -1.99. The van der Waals surface area contributed by atoms with Crippen LogP contribution in [0.15, 0.2) is 22.7 Å². The van der Waals surface area contributed by atoms with Crippen molar-refractivity contribution < 1.29 is 4.39 Å². The van der Waals surface area contributed by atoms with Gasteiger partial charge in [0.2, 0.25) is 4.77 Å². The van der Waals surface area contributed by atoms with Crippen LogP contribution in [0.4, 0.5) is 4.39 Å². The molecule has 0 unspecified atom stereocenters. The van der Waals surface area contributed by atoms with Gasteiger partial charge >= 0.3 is 0 Å². The third-order valence-corrected chi connectivity index (χ3v) is 2.81. The van der Waals surface area contributed by atoms with E-state index in [0.717, 1.165) is 4.47 Å².